The molecule has 0 saturated carbocycles. The highest BCUT2D eigenvalue weighted by Crippen LogP contribution is 2.27. The van der Waals surface area contributed by atoms with Gasteiger partial charge >= 0.3 is 0 Å². The van der Waals surface area contributed by atoms with Gasteiger partial charge < -0.3 is 14.2 Å². The molecule has 3 rings (SSSR count). The summed E-state index contributed by atoms with van der Waals surface area (Å²) in [7, 11) is 3.18. The summed E-state index contributed by atoms with van der Waals surface area (Å²) >= 11 is 0. The zero-order chi connectivity index (χ0) is 20.6. The van der Waals surface area contributed by atoms with E-state index in [2.05, 4.69) is 20.7 Å². The van der Waals surface area contributed by atoms with E-state index in [1.54, 1.807) is 32.4 Å². The van der Waals surface area contributed by atoms with Crippen LogP contribution in [-0.2, 0) is 0 Å². The second kappa shape index (κ2) is 9.41. The number of aromatic nitrogens is 2. The first-order valence-electron chi connectivity index (χ1n) is 8.98. The number of amides is 1. The molecule has 2 N–H and O–H groups in total. The van der Waals surface area contributed by atoms with E-state index in [1.165, 1.54) is 6.21 Å². The van der Waals surface area contributed by atoms with Gasteiger partial charge in [-0.1, -0.05) is 0 Å². The van der Waals surface area contributed by atoms with Gasteiger partial charge in [0.25, 0.3) is 5.91 Å². The largest absolute Gasteiger partial charge is 0.497 e. The molecule has 0 aliphatic heterocycles. The zero-order valence-electron chi connectivity index (χ0n) is 16.4. The number of methoxy groups -OCH3 is 2. The van der Waals surface area contributed by atoms with Crippen LogP contribution in [0.4, 0.5) is 0 Å². The van der Waals surface area contributed by atoms with E-state index >= 15 is 0 Å². The summed E-state index contributed by atoms with van der Waals surface area (Å²) < 4.78 is 15.9. The van der Waals surface area contributed by atoms with E-state index in [-0.39, 0.29) is 0 Å². The molecular weight excluding hydrogens is 372 g/mol. The Morgan fingerprint density at radius 1 is 1.10 bits per heavy atom. The van der Waals surface area contributed by atoms with Crippen molar-refractivity contribution in [3.05, 3.63) is 59.8 Å². The number of carbonyl (C=O) groups is 1. The van der Waals surface area contributed by atoms with Gasteiger partial charge in [0, 0.05) is 5.56 Å². The molecule has 29 heavy (non-hydrogen) atoms. The third kappa shape index (κ3) is 4.92. The van der Waals surface area contributed by atoms with Crippen molar-refractivity contribution >= 4 is 12.1 Å². The number of aromatic amines is 1. The topological polar surface area (TPSA) is 97.8 Å². The van der Waals surface area contributed by atoms with Gasteiger partial charge in [0.2, 0.25) is 0 Å². The van der Waals surface area contributed by atoms with Gasteiger partial charge in [0.1, 0.15) is 11.4 Å². The molecule has 8 heteroatoms. The molecule has 0 aliphatic rings. The van der Waals surface area contributed by atoms with Gasteiger partial charge in [0.15, 0.2) is 11.5 Å². The molecular formula is C21H22N4O4. The predicted molar refractivity (Wildman–Crippen MR) is 110 cm³/mol. The summed E-state index contributed by atoms with van der Waals surface area (Å²) in [4.78, 5) is 12.3. The summed E-state index contributed by atoms with van der Waals surface area (Å²) in [5.41, 5.74) is 5.05. The van der Waals surface area contributed by atoms with Crippen LogP contribution in [0.2, 0.25) is 0 Å². The van der Waals surface area contributed by atoms with Crippen molar-refractivity contribution in [2.24, 2.45) is 5.10 Å². The first-order chi connectivity index (χ1) is 14.1. The minimum Gasteiger partial charge on any atom is -0.497 e. The number of carbonyl (C=O) groups excluding carboxylic acids is 1. The molecule has 1 amide bonds. The minimum atomic E-state index is -0.397. The second-order valence-electron chi connectivity index (χ2n) is 5.94. The zero-order valence-corrected chi connectivity index (χ0v) is 16.4. The molecule has 150 valence electrons. The van der Waals surface area contributed by atoms with Gasteiger partial charge in [-0.15, -0.1) is 0 Å². The summed E-state index contributed by atoms with van der Waals surface area (Å²) in [5, 5.41) is 10.9. The van der Waals surface area contributed by atoms with Crippen LogP contribution in [0.25, 0.3) is 11.3 Å². The average molecular weight is 394 g/mol. The van der Waals surface area contributed by atoms with Crippen molar-refractivity contribution in [2.75, 3.05) is 20.8 Å². The molecule has 0 atom stereocenters. The molecule has 0 spiro atoms. The highest BCUT2D eigenvalue weighted by molar-refractivity contribution is 5.94. The van der Waals surface area contributed by atoms with Gasteiger partial charge in [-0.2, -0.15) is 10.2 Å². The van der Waals surface area contributed by atoms with Crippen LogP contribution >= 0.6 is 0 Å². The van der Waals surface area contributed by atoms with E-state index in [4.69, 9.17) is 14.2 Å². The molecule has 0 fully saturated rings. The fourth-order valence-corrected chi connectivity index (χ4v) is 2.61. The van der Waals surface area contributed by atoms with Gasteiger partial charge in [0.05, 0.1) is 32.7 Å². The summed E-state index contributed by atoms with van der Waals surface area (Å²) in [6.45, 7) is 2.45. The predicted octanol–water partition coefficient (Wildman–Crippen LogP) is 3.26. The second-order valence-corrected chi connectivity index (χ2v) is 5.94. The Kier molecular flexibility index (Phi) is 6.47. The van der Waals surface area contributed by atoms with E-state index in [1.807, 2.05) is 37.3 Å². The van der Waals surface area contributed by atoms with Crippen molar-refractivity contribution in [1.29, 1.82) is 0 Å². The lowest BCUT2D eigenvalue weighted by atomic mass is 10.1. The number of hydrogen-bond acceptors (Lipinski definition) is 6. The maximum absolute atomic E-state index is 12.3. The highest BCUT2D eigenvalue weighted by Gasteiger charge is 2.10. The third-order valence-electron chi connectivity index (χ3n) is 4.08. The Morgan fingerprint density at radius 2 is 1.90 bits per heavy atom. The van der Waals surface area contributed by atoms with Crippen molar-refractivity contribution in [1.82, 2.24) is 15.6 Å². The van der Waals surface area contributed by atoms with E-state index < -0.39 is 5.91 Å². The van der Waals surface area contributed by atoms with Gasteiger partial charge in [-0.3, -0.25) is 9.89 Å². The molecule has 0 unspecified atom stereocenters. The Morgan fingerprint density at radius 3 is 2.59 bits per heavy atom. The van der Waals surface area contributed by atoms with E-state index in [0.717, 1.165) is 16.9 Å². The normalized spacial score (nSPS) is 10.7. The van der Waals surface area contributed by atoms with E-state index in [0.29, 0.717) is 29.5 Å². The number of nitrogens with zero attached hydrogens (tertiary/aromatic N) is 2. The lowest BCUT2D eigenvalue weighted by Crippen LogP contribution is -2.18. The number of hydrogen-bond donors (Lipinski definition) is 2. The first kappa shape index (κ1) is 19.9. The van der Waals surface area contributed by atoms with Crippen LogP contribution in [0, 0.1) is 0 Å². The summed E-state index contributed by atoms with van der Waals surface area (Å²) in [5.74, 6) is 1.61. The monoisotopic (exact) mass is 394 g/mol. The SMILES string of the molecule is CCOc1ccc(/C=N/NC(=O)c2cc(-c3ccc(OC)cc3)n[nH]2)cc1OC. The molecule has 1 heterocycles. The number of H-pyrrole nitrogens is 1. The number of hydrazone groups is 1. The fourth-order valence-electron chi connectivity index (χ4n) is 2.61. The van der Waals surface area contributed by atoms with Crippen LogP contribution in [0.5, 0.6) is 17.2 Å². The highest BCUT2D eigenvalue weighted by atomic mass is 16.5. The number of nitrogens with one attached hydrogen (secondary N) is 2. The van der Waals surface area contributed by atoms with E-state index in [9.17, 15) is 4.79 Å². The summed E-state index contributed by atoms with van der Waals surface area (Å²) in [6, 6.07) is 14.5. The van der Waals surface area contributed by atoms with Crippen molar-refractivity contribution in [3.63, 3.8) is 0 Å². The Labute approximate surface area is 168 Å². The lowest BCUT2D eigenvalue weighted by Gasteiger charge is -2.09. The number of benzene rings is 2. The Bertz CT molecular complexity index is 996. The molecule has 0 aliphatic carbocycles. The van der Waals surface area contributed by atoms with Gasteiger partial charge in [-0.25, -0.2) is 5.43 Å². The quantitative estimate of drug-likeness (QED) is 0.451. The maximum Gasteiger partial charge on any atom is 0.289 e. The van der Waals surface area contributed by atoms with Crippen LogP contribution in [-0.4, -0.2) is 43.1 Å². The molecule has 3 aromatic rings. The first-order valence-corrected chi connectivity index (χ1v) is 8.98. The van der Waals surface area contributed by atoms with Crippen molar-refractivity contribution < 1.29 is 19.0 Å². The third-order valence-corrected chi connectivity index (χ3v) is 4.08. The lowest BCUT2D eigenvalue weighted by molar-refractivity contribution is 0.0950. The van der Waals surface area contributed by atoms with Crippen molar-refractivity contribution in [2.45, 2.75) is 6.92 Å². The summed E-state index contributed by atoms with van der Waals surface area (Å²) in [6.07, 6.45) is 1.52. The average Bonchev–Trinajstić information content (AvgIpc) is 3.25. The van der Waals surface area contributed by atoms with Crippen molar-refractivity contribution in [3.8, 4) is 28.5 Å². The molecule has 8 nitrogen and oxygen atoms in total. The molecule has 0 radical (unpaired) electrons. The molecule has 0 saturated heterocycles. The van der Waals surface area contributed by atoms with Crippen LogP contribution in [0.15, 0.2) is 53.6 Å². The Balaban J connectivity index is 1.64. The number of rotatable bonds is 8. The molecule has 0 bridgehead atoms. The van der Waals surface area contributed by atoms with Gasteiger partial charge in [-0.05, 0) is 61.0 Å². The standard InChI is InChI=1S/C21H22N4O4/c1-4-29-19-10-5-14(11-20(19)28-3)13-22-25-21(26)18-12-17(23-24-18)15-6-8-16(27-2)9-7-15/h5-13H,4H2,1-3H3,(H,23,24)(H,25,26)/b22-13+. The van der Waals surface area contributed by atoms with Crippen LogP contribution < -0.4 is 19.6 Å². The van der Waals surface area contributed by atoms with Crippen LogP contribution in [0.3, 0.4) is 0 Å². The maximum atomic E-state index is 12.3. The Hall–Kier alpha value is -3.81. The number of ether oxygens (including phenoxy) is 3. The van der Waals surface area contributed by atoms with Crippen LogP contribution in [0.1, 0.15) is 23.0 Å². The molecule has 1 aromatic heterocycles. The minimum absolute atomic E-state index is 0.303. The molecule has 2 aromatic carbocycles. The fraction of sp³-hybridized carbons (Fsp3) is 0.190. The smallest absolute Gasteiger partial charge is 0.289 e.